The van der Waals surface area contributed by atoms with Crippen molar-refractivity contribution in [3.63, 3.8) is 0 Å². The Balaban J connectivity index is 2.06. The van der Waals surface area contributed by atoms with E-state index in [0.717, 1.165) is 23.9 Å². The molecule has 0 aliphatic rings. The van der Waals surface area contributed by atoms with E-state index >= 15 is 0 Å². The molecule has 1 aromatic heterocycles. The highest BCUT2D eigenvalue weighted by Crippen LogP contribution is 2.20. The second-order valence-electron chi connectivity index (χ2n) is 4.09. The monoisotopic (exact) mass is 298 g/mol. The lowest BCUT2D eigenvalue weighted by atomic mass is 10.1. The molecule has 0 aliphatic carbocycles. The van der Waals surface area contributed by atoms with Crippen LogP contribution in [0.5, 0.6) is 0 Å². The van der Waals surface area contributed by atoms with Gasteiger partial charge >= 0.3 is 0 Å². The second kappa shape index (κ2) is 6.15. The van der Waals surface area contributed by atoms with E-state index in [1.807, 2.05) is 0 Å². The van der Waals surface area contributed by atoms with E-state index in [4.69, 9.17) is 5.11 Å². The zero-order chi connectivity index (χ0) is 14.7. The number of halogens is 2. The molecular formula is C13H12F2N2O2S. The van der Waals surface area contributed by atoms with Crippen LogP contribution in [0.1, 0.15) is 16.1 Å². The van der Waals surface area contributed by atoms with Crippen molar-refractivity contribution in [3.8, 4) is 0 Å². The SMILES string of the molecule is Cn1c(CO)cnc1SCC(=O)c1ccc(F)cc1F. The van der Waals surface area contributed by atoms with Gasteiger partial charge in [-0.1, -0.05) is 11.8 Å². The highest BCUT2D eigenvalue weighted by atomic mass is 32.2. The average Bonchev–Trinajstić information content (AvgIpc) is 2.76. The number of imidazole rings is 1. The second-order valence-corrected chi connectivity index (χ2v) is 5.03. The highest BCUT2D eigenvalue weighted by Gasteiger charge is 2.14. The van der Waals surface area contributed by atoms with Crippen LogP contribution in [-0.2, 0) is 13.7 Å². The Bertz CT molecular complexity index is 643. The van der Waals surface area contributed by atoms with Crippen LogP contribution in [-0.4, -0.2) is 26.2 Å². The van der Waals surface area contributed by atoms with Gasteiger partial charge in [0.2, 0.25) is 0 Å². The van der Waals surface area contributed by atoms with Gasteiger partial charge < -0.3 is 9.67 Å². The van der Waals surface area contributed by atoms with Crippen molar-refractivity contribution >= 4 is 17.5 Å². The van der Waals surface area contributed by atoms with Crippen molar-refractivity contribution in [1.82, 2.24) is 9.55 Å². The van der Waals surface area contributed by atoms with Gasteiger partial charge in [0.1, 0.15) is 11.6 Å². The molecule has 0 bridgehead atoms. The number of carbonyl (C=O) groups is 1. The fourth-order valence-corrected chi connectivity index (χ4v) is 2.48. The standard InChI is InChI=1S/C13H12F2N2O2S/c1-17-9(6-18)5-16-13(17)20-7-12(19)10-3-2-8(14)4-11(10)15/h2-5,18H,6-7H2,1H3. The maximum absolute atomic E-state index is 13.4. The molecule has 20 heavy (non-hydrogen) atoms. The summed E-state index contributed by atoms with van der Waals surface area (Å²) in [6, 6.07) is 2.86. The van der Waals surface area contributed by atoms with Crippen LogP contribution in [0.25, 0.3) is 0 Å². The molecule has 4 nitrogen and oxygen atoms in total. The molecule has 0 amide bonds. The fourth-order valence-electron chi connectivity index (χ4n) is 1.63. The van der Waals surface area contributed by atoms with Gasteiger partial charge in [0.25, 0.3) is 0 Å². The first-order valence-corrected chi connectivity index (χ1v) is 6.74. The smallest absolute Gasteiger partial charge is 0.176 e. The van der Waals surface area contributed by atoms with Gasteiger partial charge in [-0.25, -0.2) is 13.8 Å². The van der Waals surface area contributed by atoms with Crippen LogP contribution in [0, 0.1) is 11.6 Å². The van der Waals surface area contributed by atoms with Crippen LogP contribution in [0.4, 0.5) is 8.78 Å². The van der Waals surface area contributed by atoms with Crippen molar-refractivity contribution in [2.45, 2.75) is 11.8 Å². The summed E-state index contributed by atoms with van der Waals surface area (Å²) < 4.78 is 27.9. The van der Waals surface area contributed by atoms with E-state index in [9.17, 15) is 13.6 Å². The van der Waals surface area contributed by atoms with Crippen molar-refractivity contribution in [3.05, 3.63) is 47.3 Å². The maximum atomic E-state index is 13.4. The topological polar surface area (TPSA) is 55.1 Å². The molecule has 2 rings (SSSR count). The number of ketones is 1. The number of aliphatic hydroxyl groups excluding tert-OH is 1. The summed E-state index contributed by atoms with van der Waals surface area (Å²) in [6.07, 6.45) is 1.51. The molecule has 106 valence electrons. The largest absolute Gasteiger partial charge is 0.390 e. The lowest BCUT2D eigenvalue weighted by molar-refractivity contribution is 0.101. The van der Waals surface area contributed by atoms with Gasteiger partial charge in [0, 0.05) is 13.1 Å². The van der Waals surface area contributed by atoms with E-state index in [1.54, 1.807) is 11.6 Å². The number of benzene rings is 1. The van der Waals surface area contributed by atoms with Gasteiger partial charge in [-0.15, -0.1) is 0 Å². The number of hydrogen-bond acceptors (Lipinski definition) is 4. The van der Waals surface area contributed by atoms with E-state index in [1.165, 1.54) is 6.20 Å². The van der Waals surface area contributed by atoms with Gasteiger partial charge in [0.05, 0.1) is 29.8 Å². The Morgan fingerprint density at radius 1 is 1.45 bits per heavy atom. The van der Waals surface area contributed by atoms with Crippen molar-refractivity contribution < 1.29 is 18.7 Å². The summed E-state index contributed by atoms with van der Waals surface area (Å²) in [5.74, 6) is -2.05. The minimum Gasteiger partial charge on any atom is -0.390 e. The molecular weight excluding hydrogens is 286 g/mol. The predicted molar refractivity (Wildman–Crippen MR) is 70.5 cm³/mol. The molecule has 0 atom stereocenters. The van der Waals surface area contributed by atoms with Crippen LogP contribution in [0.2, 0.25) is 0 Å². The lowest BCUT2D eigenvalue weighted by Gasteiger charge is -2.04. The van der Waals surface area contributed by atoms with Gasteiger partial charge in [-0.3, -0.25) is 4.79 Å². The Morgan fingerprint density at radius 2 is 2.20 bits per heavy atom. The van der Waals surface area contributed by atoms with Crippen molar-refractivity contribution in [1.29, 1.82) is 0 Å². The minimum atomic E-state index is -0.869. The van der Waals surface area contributed by atoms with E-state index in [2.05, 4.69) is 4.98 Å². The lowest BCUT2D eigenvalue weighted by Crippen LogP contribution is -2.07. The number of nitrogens with zero attached hydrogens (tertiary/aromatic N) is 2. The number of carbonyl (C=O) groups excluding carboxylic acids is 1. The number of hydrogen-bond donors (Lipinski definition) is 1. The molecule has 0 saturated carbocycles. The first kappa shape index (κ1) is 14.7. The van der Waals surface area contributed by atoms with Gasteiger partial charge in [-0.2, -0.15) is 0 Å². The van der Waals surface area contributed by atoms with Gasteiger partial charge in [-0.05, 0) is 12.1 Å². The molecule has 0 radical (unpaired) electrons. The highest BCUT2D eigenvalue weighted by molar-refractivity contribution is 7.99. The normalized spacial score (nSPS) is 10.8. The zero-order valence-electron chi connectivity index (χ0n) is 10.6. The third-order valence-corrected chi connectivity index (χ3v) is 3.81. The van der Waals surface area contributed by atoms with Crippen molar-refractivity contribution in [2.24, 2.45) is 7.05 Å². The summed E-state index contributed by atoms with van der Waals surface area (Å²) in [4.78, 5) is 15.9. The maximum Gasteiger partial charge on any atom is 0.176 e. The molecule has 0 saturated heterocycles. The summed E-state index contributed by atoms with van der Waals surface area (Å²) in [5, 5.41) is 9.57. The Morgan fingerprint density at radius 3 is 2.80 bits per heavy atom. The minimum absolute atomic E-state index is 0.0156. The van der Waals surface area contributed by atoms with Gasteiger partial charge in [0.15, 0.2) is 10.9 Å². The van der Waals surface area contributed by atoms with Crippen LogP contribution in [0.3, 0.4) is 0 Å². The molecule has 2 aromatic rings. The summed E-state index contributed by atoms with van der Waals surface area (Å²) in [5.41, 5.74) is 0.475. The number of aromatic nitrogens is 2. The molecule has 1 aromatic carbocycles. The first-order valence-electron chi connectivity index (χ1n) is 5.75. The Hall–Kier alpha value is -1.73. The molecule has 0 aliphatic heterocycles. The third kappa shape index (κ3) is 3.05. The molecule has 1 N–H and O–H groups in total. The molecule has 0 spiro atoms. The Kier molecular flexibility index (Phi) is 4.51. The Labute approximate surface area is 118 Å². The summed E-state index contributed by atoms with van der Waals surface area (Å²) in [7, 11) is 1.71. The fraction of sp³-hybridized carbons (Fsp3) is 0.231. The van der Waals surface area contributed by atoms with Crippen LogP contribution >= 0.6 is 11.8 Å². The summed E-state index contributed by atoms with van der Waals surface area (Å²) >= 11 is 1.13. The predicted octanol–water partition coefficient (Wildman–Crippen LogP) is 2.17. The van der Waals surface area contributed by atoms with E-state index < -0.39 is 17.4 Å². The zero-order valence-corrected chi connectivity index (χ0v) is 11.5. The van der Waals surface area contributed by atoms with Crippen LogP contribution < -0.4 is 0 Å². The van der Waals surface area contributed by atoms with Crippen molar-refractivity contribution in [2.75, 3.05) is 5.75 Å². The molecule has 7 heteroatoms. The van der Waals surface area contributed by atoms with E-state index in [0.29, 0.717) is 16.9 Å². The molecule has 0 unspecified atom stereocenters. The number of Topliss-reactive ketones (excluding diaryl/α,β-unsaturated/α-hetero) is 1. The number of thioether (sulfide) groups is 1. The third-order valence-electron chi connectivity index (χ3n) is 2.77. The quantitative estimate of drug-likeness (QED) is 0.679. The number of rotatable bonds is 5. The summed E-state index contributed by atoms with van der Waals surface area (Å²) in [6.45, 7) is -0.148. The van der Waals surface area contributed by atoms with E-state index in [-0.39, 0.29) is 17.9 Å². The van der Waals surface area contributed by atoms with Crippen LogP contribution in [0.15, 0.2) is 29.6 Å². The first-order chi connectivity index (χ1) is 9.52. The average molecular weight is 298 g/mol. The molecule has 0 fully saturated rings. The molecule has 1 heterocycles. The number of aliphatic hydroxyl groups is 1.